The Balaban J connectivity index is 1.68. The van der Waals surface area contributed by atoms with Crippen LogP contribution in [-0.2, 0) is 14.4 Å². The second-order valence-corrected chi connectivity index (χ2v) is 6.69. The molecule has 2 amide bonds. The van der Waals surface area contributed by atoms with Crippen LogP contribution in [0, 0.1) is 0 Å². The fourth-order valence-corrected chi connectivity index (χ4v) is 3.56. The van der Waals surface area contributed by atoms with Crippen molar-refractivity contribution in [3.63, 3.8) is 0 Å². The molecule has 2 aliphatic rings. The van der Waals surface area contributed by atoms with E-state index in [1.54, 1.807) is 0 Å². The lowest BCUT2D eigenvalue weighted by molar-refractivity contribution is -0.145. The highest BCUT2D eigenvalue weighted by molar-refractivity contribution is 8.01. The highest BCUT2D eigenvalue weighted by Crippen LogP contribution is 2.37. The van der Waals surface area contributed by atoms with Crippen LogP contribution in [-0.4, -0.2) is 45.6 Å². The molecule has 3 rings (SSSR count). The lowest BCUT2D eigenvalue weighted by atomic mass is 10.2. The van der Waals surface area contributed by atoms with Crippen molar-refractivity contribution in [3.05, 3.63) is 24.3 Å². The van der Waals surface area contributed by atoms with Gasteiger partial charge in [0, 0.05) is 17.4 Å². The first-order chi connectivity index (χ1) is 10.5. The highest BCUT2D eigenvalue weighted by atomic mass is 32.2. The molecule has 6 nitrogen and oxygen atoms in total. The molecular weight excluding hydrogens is 304 g/mol. The number of nitrogens with one attached hydrogen (secondary N) is 1. The van der Waals surface area contributed by atoms with Crippen molar-refractivity contribution in [3.8, 4) is 0 Å². The van der Waals surface area contributed by atoms with E-state index in [-0.39, 0.29) is 30.8 Å². The third-order valence-electron chi connectivity index (χ3n) is 3.68. The van der Waals surface area contributed by atoms with Gasteiger partial charge in [0.15, 0.2) is 0 Å². The Morgan fingerprint density at radius 2 is 2.05 bits per heavy atom. The van der Waals surface area contributed by atoms with Gasteiger partial charge in [-0.15, -0.1) is 11.8 Å². The molecule has 1 aliphatic carbocycles. The molecule has 1 saturated carbocycles. The van der Waals surface area contributed by atoms with Gasteiger partial charge in [-0.1, -0.05) is 12.1 Å². The molecule has 0 radical (unpaired) electrons. The molecule has 1 aromatic carbocycles. The van der Waals surface area contributed by atoms with Crippen LogP contribution in [0.1, 0.15) is 19.3 Å². The number of hydrogen-bond donors (Lipinski definition) is 2. The van der Waals surface area contributed by atoms with Crippen LogP contribution in [0.4, 0.5) is 5.69 Å². The van der Waals surface area contributed by atoms with E-state index in [1.807, 2.05) is 24.3 Å². The predicted molar refractivity (Wildman–Crippen MR) is 81.7 cm³/mol. The maximum absolute atomic E-state index is 12.4. The van der Waals surface area contributed by atoms with Crippen LogP contribution in [0.15, 0.2) is 29.2 Å². The summed E-state index contributed by atoms with van der Waals surface area (Å²) in [5, 5.41) is 11.2. The Morgan fingerprint density at radius 1 is 1.32 bits per heavy atom. The molecule has 22 heavy (non-hydrogen) atoms. The van der Waals surface area contributed by atoms with Crippen molar-refractivity contribution in [1.82, 2.24) is 4.90 Å². The van der Waals surface area contributed by atoms with E-state index in [0.717, 1.165) is 23.4 Å². The molecule has 1 atom stereocenters. The summed E-state index contributed by atoms with van der Waals surface area (Å²) in [6.45, 7) is -0.293. The van der Waals surface area contributed by atoms with Crippen LogP contribution in [0.3, 0.4) is 0 Å². The number of fused-ring (bicyclic) bond motifs is 1. The molecule has 1 fully saturated rings. The quantitative estimate of drug-likeness (QED) is 0.860. The fourth-order valence-electron chi connectivity index (χ4n) is 2.46. The topological polar surface area (TPSA) is 86.7 Å². The second kappa shape index (κ2) is 6.00. The molecule has 0 aromatic heterocycles. The van der Waals surface area contributed by atoms with Crippen molar-refractivity contribution in [1.29, 1.82) is 0 Å². The number of carboxylic acid groups (broad SMARTS) is 1. The molecular formula is C15H16N2O4S. The summed E-state index contributed by atoms with van der Waals surface area (Å²) in [6, 6.07) is 7.45. The van der Waals surface area contributed by atoms with Crippen LogP contribution >= 0.6 is 11.8 Å². The molecule has 0 spiro atoms. The van der Waals surface area contributed by atoms with Gasteiger partial charge in [0.1, 0.15) is 6.54 Å². The van der Waals surface area contributed by atoms with E-state index in [0.29, 0.717) is 0 Å². The first-order valence-corrected chi connectivity index (χ1v) is 8.00. The summed E-state index contributed by atoms with van der Waals surface area (Å²) in [5.74, 6) is -1.49. The van der Waals surface area contributed by atoms with Crippen LogP contribution < -0.4 is 5.32 Å². The van der Waals surface area contributed by atoms with Crippen LogP contribution in [0.25, 0.3) is 0 Å². The number of carbonyl (C=O) groups is 3. The lowest BCUT2D eigenvalue weighted by Crippen LogP contribution is -2.41. The average molecular weight is 320 g/mol. The number of para-hydroxylation sites is 1. The third-order valence-corrected chi connectivity index (χ3v) is 4.96. The first-order valence-electron chi connectivity index (χ1n) is 7.12. The summed E-state index contributed by atoms with van der Waals surface area (Å²) < 4.78 is 0. The maximum Gasteiger partial charge on any atom is 0.323 e. The highest BCUT2D eigenvalue weighted by Gasteiger charge is 2.37. The number of carbonyl (C=O) groups excluding carboxylic acids is 2. The first kappa shape index (κ1) is 14.9. The number of carboxylic acids is 1. The number of thioether (sulfide) groups is 1. The van der Waals surface area contributed by atoms with E-state index in [1.165, 1.54) is 16.7 Å². The Hall–Kier alpha value is -2.02. The summed E-state index contributed by atoms with van der Waals surface area (Å²) in [5.41, 5.74) is 0.755. The van der Waals surface area contributed by atoms with Gasteiger partial charge in [-0.2, -0.15) is 0 Å². The lowest BCUT2D eigenvalue weighted by Gasteiger charge is -2.26. The zero-order chi connectivity index (χ0) is 15.7. The maximum atomic E-state index is 12.4. The minimum Gasteiger partial charge on any atom is -0.480 e. The van der Waals surface area contributed by atoms with Crippen molar-refractivity contribution in [2.45, 2.75) is 35.4 Å². The van der Waals surface area contributed by atoms with E-state index in [4.69, 9.17) is 5.11 Å². The monoisotopic (exact) mass is 320 g/mol. The number of amides is 2. The van der Waals surface area contributed by atoms with Crippen molar-refractivity contribution >= 4 is 35.2 Å². The zero-order valence-electron chi connectivity index (χ0n) is 11.8. The van der Waals surface area contributed by atoms with Gasteiger partial charge >= 0.3 is 5.97 Å². The smallest absolute Gasteiger partial charge is 0.323 e. The van der Waals surface area contributed by atoms with Gasteiger partial charge in [0.25, 0.3) is 0 Å². The number of anilines is 1. The minimum atomic E-state index is -1.02. The number of rotatable bonds is 5. The number of hydrogen-bond acceptors (Lipinski definition) is 4. The summed E-state index contributed by atoms with van der Waals surface area (Å²) in [7, 11) is 0. The van der Waals surface area contributed by atoms with Gasteiger partial charge < -0.3 is 15.3 Å². The molecule has 0 unspecified atom stereocenters. The van der Waals surface area contributed by atoms with Crippen LogP contribution in [0.2, 0.25) is 0 Å². The zero-order valence-corrected chi connectivity index (χ0v) is 12.6. The SMILES string of the molecule is O=C(O)CN(C(=O)C[C@H]1Sc2ccccc2NC1=O)C1CC1. The Labute approximate surface area is 131 Å². The fraction of sp³-hybridized carbons (Fsp3) is 0.400. The summed E-state index contributed by atoms with van der Waals surface area (Å²) in [4.78, 5) is 37.7. The van der Waals surface area contributed by atoms with Gasteiger partial charge in [-0.3, -0.25) is 14.4 Å². The normalized spacial score (nSPS) is 20.0. The third kappa shape index (κ3) is 3.24. The van der Waals surface area contributed by atoms with E-state index >= 15 is 0 Å². The van der Waals surface area contributed by atoms with Gasteiger partial charge in [0.05, 0.1) is 10.9 Å². The molecule has 2 N–H and O–H groups in total. The van der Waals surface area contributed by atoms with Gasteiger partial charge in [0.2, 0.25) is 11.8 Å². The molecule has 7 heteroatoms. The van der Waals surface area contributed by atoms with Crippen molar-refractivity contribution < 1.29 is 19.5 Å². The minimum absolute atomic E-state index is 0.0209. The molecule has 0 bridgehead atoms. The predicted octanol–water partition coefficient (Wildman–Crippen LogP) is 1.57. The second-order valence-electron chi connectivity index (χ2n) is 5.44. The molecule has 116 valence electrons. The number of nitrogens with zero attached hydrogens (tertiary/aromatic N) is 1. The standard InChI is InChI=1S/C15H16N2O4S/c18-13(17(8-14(19)20)9-5-6-9)7-12-15(21)16-10-3-1-2-4-11(10)22-12/h1-4,9,12H,5-8H2,(H,16,21)(H,19,20)/t12-/m1/s1. The van der Waals surface area contributed by atoms with E-state index in [9.17, 15) is 14.4 Å². The van der Waals surface area contributed by atoms with E-state index in [2.05, 4.69) is 5.32 Å². The van der Waals surface area contributed by atoms with Crippen molar-refractivity contribution in [2.75, 3.05) is 11.9 Å². The largest absolute Gasteiger partial charge is 0.480 e. The summed E-state index contributed by atoms with van der Waals surface area (Å²) >= 11 is 1.35. The molecule has 1 aromatic rings. The summed E-state index contributed by atoms with van der Waals surface area (Å²) in [6.07, 6.45) is 1.70. The van der Waals surface area contributed by atoms with E-state index < -0.39 is 11.2 Å². The molecule has 1 heterocycles. The van der Waals surface area contributed by atoms with Crippen LogP contribution in [0.5, 0.6) is 0 Å². The Bertz CT molecular complexity index is 630. The van der Waals surface area contributed by atoms with Gasteiger partial charge in [-0.05, 0) is 25.0 Å². The average Bonchev–Trinajstić information content (AvgIpc) is 3.29. The Kier molecular flexibility index (Phi) is 4.06. The Morgan fingerprint density at radius 3 is 2.73 bits per heavy atom. The molecule has 0 saturated heterocycles. The van der Waals surface area contributed by atoms with Crippen molar-refractivity contribution in [2.24, 2.45) is 0 Å². The molecule has 1 aliphatic heterocycles. The number of benzene rings is 1. The van der Waals surface area contributed by atoms with Gasteiger partial charge in [-0.25, -0.2) is 0 Å². The number of aliphatic carboxylic acids is 1.